The highest BCUT2D eigenvalue weighted by atomic mass is 35.5. The first-order chi connectivity index (χ1) is 17.1. The first-order valence-corrected chi connectivity index (χ1v) is 14.3. The minimum absolute atomic E-state index is 0.0510. The van der Waals surface area contributed by atoms with E-state index in [-0.39, 0.29) is 29.1 Å². The first-order valence-electron chi connectivity index (χ1n) is 13.9. The molecule has 2 aromatic rings. The van der Waals surface area contributed by atoms with Gasteiger partial charge in [-0.05, 0) is 117 Å². The summed E-state index contributed by atoms with van der Waals surface area (Å²) in [7, 11) is 1.85. The monoisotopic (exact) mass is 513 g/mol. The molecule has 0 spiro atoms. The number of fused-ring (bicyclic) bond motifs is 6. The molecule has 0 radical (unpaired) electrons. The molecular weight excluding hydrogens is 474 g/mol. The van der Waals surface area contributed by atoms with Gasteiger partial charge in [-0.1, -0.05) is 18.5 Å². The maximum absolute atomic E-state index is 13.7. The number of ketones is 1. The largest absolute Gasteiger partial charge is 0.390 e. The lowest BCUT2D eigenvalue weighted by molar-refractivity contribution is -0.175. The van der Waals surface area contributed by atoms with Gasteiger partial charge in [0.05, 0.1) is 12.2 Å². The predicted octanol–water partition coefficient (Wildman–Crippen LogP) is 5.69. The van der Waals surface area contributed by atoms with E-state index >= 15 is 0 Å². The number of benzene rings is 1. The van der Waals surface area contributed by atoms with Crippen molar-refractivity contribution < 1.29 is 14.6 Å². The molecule has 6 nitrogen and oxygen atoms in total. The third-order valence-electron chi connectivity index (χ3n) is 11.1. The number of methoxy groups -OCH3 is 1. The Hall–Kier alpha value is -1.50. The van der Waals surface area contributed by atoms with Gasteiger partial charge in [0.1, 0.15) is 17.6 Å². The summed E-state index contributed by atoms with van der Waals surface area (Å²) in [5.74, 6) is 2.78. The van der Waals surface area contributed by atoms with Gasteiger partial charge in [0.2, 0.25) is 0 Å². The van der Waals surface area contributed by atoms with E-state index in [1.165, 1.54) is 19.3 Å². The van der Waals surface area contributed by atoms with Gasteiger partial charge in [0.15, 0.2) is 5.78 Å². The smallest absolute Gasteiger partial charge is 0.159 e. The van der Waals surface area contributed by atoms with Crippen molar-refractivity contribution in [3.8, 4) is 0 Å². The number of Topliss-reactive ketones (excluding diaryl/α,β-unsaturated/α-hetero) is 1. The molecule has 4 fully saturated rings. The molecule has 4 aliphatic rings. The molecule has 1 aromatic carbocycles. The second kappa shape index (κ2) is 8.78. The Morgan fingerprint density at radius 1 is 1.08 bits per heavy atom. The minimum Gasteiger partial charge on any atom is -0.390 e. The van der Waals surface area contributed by atoms with Crippen molar-refractivity contribution >= 4 is 28.4 Å². The lowest BCUT2D eigenvalue weighted by atomic mass is 9.43. The zero-order valence-corrected chi connectivity index (χ0v) is 22.6. The number of carbonyl (C=O) groups excluding carboxylic acids is 1. The van der Waals surface area contributed by atoms with Crippen LogP contribution in [0.15, 0.2) is 18.2 Å². The fourth-order valence-corrected chi connectivity index (χ4v) is 9.73. The number of ether oxygens (including phenoxy) is 1. The Balaban J connectivity index is 1.22. The Labute approximate surface area is 219 Å². The van der Waals surface area contributed by atoms with Crippen LogP contribution in [0.5, 0.6) is 0 Å². The van der Waals surface area contributed by atoms with Crippen LogP contribution >= 0.6 is 11.6 Å². The predicted molar refractivity (Wildman–Crippen MR) is 140 cm³/mol. The first kappa shape index (κ1) is 24.8. The highest BCUT2D eigenvalue weighted by molar-refractivity contribution is 6.31. The average Bonchev–Trinajstić information content (AvgIpc) is 3.38. The number of hydrogen-bond donors (Lipinski definition) is 1. The molecule has 196 valence electrons. The van der Waals surface area contributed by atoms with Crippen LogP contribution in [0.4, 0.5) is 0 Å². The zero-order chi connectivity index (χ0) is 25.3. The van der Waals surface area contributed by atoms with Crippen molar-refractivity contribution in [3.05, 3.63) is 23.2 Å². The van der Waals surface area contributed by atoms with Gasteiger partial charge in [-0.3, -0.25) is 4.79 Å². The molecule has 0 saturated heterocycles. The second-order valence-corrected chi connectivity index (χ2v) is 13.5. The molecule has 1 heterocycles. The summed E-state index contributed by atoms with van der Waals surface area (Å²) in [4.78, 5) is 15.2. The molecule has 1 N–H and O–H groups in total. The highest BCUT2D eigenvalue weighted by Crippen LogP contribution is 2.68. The number of aliphatic hydroxyl groups is 1. The molecule has 1 aromatic heterocycles. The van der Waals surface area contributed by atoms with Crippen LogP contribution in [0.3, 0.4) is 0 Å². The summed E-state index contributed by atoms with van der Waals surface area (Å²) in [6.45, 7) is 5.46. The van der Waals surface area contributed by atoms with Gasteiger partial charge in [-0.25, -0.2) is 0 Å². The van der Waals surface area contributed by atoms with E-state index in [9.17, 15) is 9.90 Å². The molecule has 7 heteroatoms. The van der Waals surface area contributed by atoms with Crippen LogP contribution in [-0.4, -0.2) is 45.2 Å². The van der Waals surface area contributed by atoms with Crippen LogP contribution in [0.2, 0.25) is 5.02 Å². The summed E-state index contributed by atoms with van der Waals surface area (Å²) in [6.07, 6.45) is 9.64. The number of aromatic nitrogens is 3. The average molecular weight is 514 g/mol. The van der Waals surface area contributed by atoms with Crippen LogP contribution in [-0.2, 0) is 16.1 Å². The Morgan fingerprint density at radius 2 is 1.89 bits per heavy atom. The number of rotatable bonds is 5. The fraction of sp³-hybridized carbons (Fsp3) is 0.759. The zero-order valence-electron chi connectivity index (χ0n) is 21.9. The highest BCUT2D eigenvalue weighted by Gasteiger charge is 2.63. The van der Waals surface area contributed by atoms with Crippen molar-refractivity contribution in [2.45, 2.75) is 83.8 Å². The van der Waals surface area contributed by atoms with E-state index in [1.54, 1.807) is 10.9 Å². The van der Waals surface area contributed by atoms with Crippen molar-refractivity contribution in [3.63, 3.8) is 0 Å². The third-order valence-corrected chi connectivity index (χ3v) is 11.4. The molecule has 4 saturated carbocycles. The normalized spacial score (nSPS) is 42.1. The number of halogens is 1. The molecule has 4 aliphatic carbocycles. The molecule has 6 rings (SSSR count). The maximum Gasteiger partial charge on any atom is 0.159 e. The summed E-state index contributed by atoms with van der Waals surface area (Å²) in [5, 5.41) is 20.6. The van der Waals surface area contributed by atoms with E-state index in [2.05, 4.69) is 17.1 Å². The molecule has 0 bridgehead atoms. The van der Waals surface area contributed by atoms with E-state index in [1.807, 2.05) is 26.2 Å². The van der Waals surface area contributed by atoms with E-state index in [4.69, 9.17) is 16.3 Å². The Bertz CT molecular complexity index is 1160. The van der Waals surface area contributed by atoms with Crippen LogP contribution < -0.4 is 0 Å². The summed E-state index contributed by atoms with van der Waals surface area (Å²) < 4.78 is 5.89. The van der Waals surface area contributed by atoms with Gasteiger partial charge in [0, 0.05) is 18.1 Å². The standard InChI is InChI=1S/C29H40ClN3O3/c1-27(35)12-13-29(17-36-3)18(15-27)4-6-20-21-7-8-23(28(21,2)11-10-22(20)29)26(34)16-33-31-24-9-5-19(30)14-25(24)32-33/h5,9,14,18,20-23,35H,4,6-8,10-13,15-17H2,1-3H3/t18-,20-,21-,22-,23+,27+,28-,29+/m0/s1. The summed E-state index contributed by atoms with van der Waals surface area (Å²) in [5.41, 5.74) is 1.20. The van der Waals surface area contributed by atoms with Crippen molar-refractivity contribution in [1.82, 2.24) is 15.0 Å². The van der Waals surface area contributed by atoms with Gasteiger partial charge in [-0.15, -0.1) is 0 Å². The third kappa shape index (κ3) is 3.85. The lowest BCUT2D eigenvalue weighted by Gasteiger charge is -2.62. The van der Waals surface area contributed by atoms with Crippen LogP contribution in [0, 0.1) is 40.4 Å². The minimum atomic E-state index is -0.542. The Kier molecular flexibility index (Phi) is 6.05. The number of nitrogens with zero attached hydrogens (tertiary/aromatic N) is 3. The molecule has 0 unspecified atom stereocenters. The van der Waals surface area contributed by atoms with Gasteiger partial charge in [0.25, 0.3) is 0 Å². The molecule has 8 atom stereocenters. The van der Waals surface area contributed by atoms with Gasteiger partial charge >= 0.3 is 0 Å². The van der Waals surface area contributed by atoms with Crippen LogP contribution in [0.1, 0.15) is 71.6 Å². The van der Waals surface area contributed by atoms with Crippen LogP contribution in [0.25, 0.3) is 11.0 Å². The maximum atomic E-state index is 13.7. The quantitative estimate of drug-likeness (QED) is 0.555. The van der Waals surface area contributed by atoms with Gasteiger partial charge in [-0.2, -0.15) is 15.0 Å². The SMILES string of the molecule is COC[C@]12CC[C@@](C)(O)C[C@@H]1CC[C@H]1[C@@H]3CC[C@H](C(=O)Cn4nc5ccc(Cl)cc5n4)[C@@]3(C)CC[C@@H]12. The van der Waals surface area contributed by atoms with Crippen molar-refractivity contribution in [2.75, 3.05) is 13.7 Å². The molecule has 0 amide bonds. The number of carbonyl (C=O) groups is 1. The lowest BCUT2D eigenvalue weighted by Crippen LogP contribution is -2.58. The van der Waals surface area contributed by atoms with Crippen molar-refractivity contribution in [2.24, 2.45) is 40.4 Å². The summed E-state index contributed by atoms with van der Waals surface area (Å²) >= 11 is 6.11. The second-order valence-electron chi connectivity index (χ2n) is 13.0. The Morgan fingerprint density at radius 3 is 2.69 bits per heavy atom. The molecule has 0 aliphatic heterocycles. The van der Waals surface area contributed by atoms with Crippen molar-refractivity contribution in [1.29, 1.82) is 0 Å². The van der Waals surface area contributed by atoms with E-state index in [0.29, 0.717) is 28.7 Å². The topological polar surface area (TPSA) is 77.2 Å². The van der Waals surface area contributed by atoms with E-state index < -0.39 is 5.60 Å². The van der Waals surface area contributed by atoms with Gasteiger partial charge < -0.3 is 9.84 Å². The molecular formula is C29H40ClN3O3. The molecule has 36 heavy (non-hydrogen) atoms. The van der Waals surface area contributed by atoms with E-state index in [0.717, 1.165) is 56.2 Å². The fourth-order valence-electron chi connectivity index (χ4n) is 9.56. The summed E-state index contributed by atoms with van der Waals surface area (Å²) in [6, 6.07) is 5.47. The number of hydrogen-bond acceptors (Lipinski definition) is 5.